The quantitative estimate of drug-likeness (QED) is 0.671. The van der Waals surface area contributed by atoms with Crippen LogP contribution in [-0.2, 0) is 17.9 Å². The summed E-state index contributed by atoms with van der Waals surface area (Å²) in [5, 5.41) is 11.1. The van der Waals surface area contributed by atoms with Crippen molar-refractivity contribution in [3.05, 3.63) is 12.2 Å². The highest BCUT2D eigenvalue weighted by Gasteiger charge is 2.28. The number of unbranched alkanes of at least 4 members (excludes halogenated alkanes) is 1. The van der Waals surface area contributed by atoms with Crippen molar-refractivity contribution in [3.8, 4) is 0 Å². The van der Waals surface area contributed by atoms with E-state index in [1.54, 1.807) is 13.4 Å². The van der Waals surface area contributed by atoms with Gasteiger partial charge in [-0.2, -0.15) is 0 Å². The molecule has 0 radical (unpaired) electrons. The van der Waals surface area contributed by atoms with Crippen LogP contribution in [-0.4, -0.2) is 51.2 Å². The van der Waals surface area contributed by atoms with E-state index in [1.807, 2.05) is 6.92 Å². The first-order chi connectivity index (χ1) is 9.55. The number of likely N-dealkylation sites (N-methyl/N-ethyl adjacent to an activating group) is 1. The first kappa shape index (κ1) is 14.9. The van der Waals surface area contributed by atoms with E-state index in [1.165, 1.54) is 0 Å². The van der Waals surface area contributed by atoms with Crippen LogP contribution in [0.1, 0.15) is 32.0 Å². The third-order valence-electron chi connectivity index (χ3n) is 4.21. The second-order valence-electron chi connectivity index (χ2n) is 5.62. The molecule has 1 aromatic rings. The summed E-state index contributed by atoms with van der Waals surface area (Å²) in [6.45, 7) is 5.73. The van der Waals surface area contributed by atoms with E-state index >= 15 is 0 Å². The minimum Gasteiger partial charge on any atom is -0.368 e. The normalized spacial score (nSPS) is 18.5. The fourth-order valence-corrected chi connectivity index (χ4v) is 2.49. The molecule has 1 unspecified atom stereocenters. The summed E-state index contributed by atoms with van der Waals surface area (Å²) in [6.07, 6.45) is 4.59. The van der Waals surface area contributed by atoms with Crippen LogP contribution in [0.2, 0.25) is 0 Å². The molecule has 3 N–H and O–H groups in total. The van der Waals surface area contributed by atoms with Crippen molar-refractivity contribution in [1.82, 2.24) is 25.0 Å². The summed E-state index contributed by atoms with van der Waals surface area (Å²) in [4.78, 5) is 13.8. The van der Waals surface area contributed by atoms with Gasteiger partial charge in [0.1, 0.15) is 12.2 Å². The Kier molecular flexibility index (Phi) is 4.72. The van der Waals surface area contributed by atoms with Crippen LogP contribution >= 0.6 is 0 Å². The molecule has 0 bridgehead atoms. The number of nitrogens with two attached hydrogens (primary N) is 1. The van der Waals surface area contributed by atoms with Gasteiger partial charge in [-0.15, -0.1) is 10.2 Å². The largest absolute Gasteiger partial charge is 0.368 e. The predicted molar refractivity (Wildman–Crippen MR) is 75.8 cm³/mol. The lowest BCUT2D eigenvalue weighted by molar-refractivity contribution is -0.123. The molecule has 112 valence electrons. The molecule has 0 saturated carbocycles. The number of fused-ring (bicyclic) bond motifs is 1. The fourth-order valence-electron chi connectivity index (χ4n) is 2.49. The average molecular weight is 280 g/mol. The van der Waals surface area contributed by atoms with Crippen LogP contribution in [0.15, 0.2) is 6.33 Å². The second kappa shape index (κ2) is 6.32. The highest BCUT2D eigenvalue weighted by atomic mass is 16.1. The van der Waals surface area contributed by atoms with E-state index < -0.39 is 5.54 Å². The average Bonchev–Trinajstić information content (AvgIpc) is 2.90. The molecule has 7 nitrogen and oxygen atoms in total. The predicted octanol–water partition coefficient (Wildman–Crippen LogP) is -0.273. The molecule has 2 heterocycles. The molecule has 1 aliphatic rings. The number of nitrogens with one attached hydrogen (secondary N) is 1. The van der Waals surface area contributed by atoms with Gasteiger partial charge in [0, 0.05) is 13.1 Å². The summed E-state index contributed by atoms with van der Waals surface area (Å²) in [6, 6.07) is 0. The van der Waals surface area contributed by atoms with Gasteiger partial charge in [-0.1, -0.05) is 0 Å². The number of carbonyl (C=O) groups is 1. The Morgan fingerprint density at radius 3 is 3.00 bits per heavy atom. The lowest BCUT2D eigenvalue weighted by atomic mass is 9.94. The van der Waals surface area contributed by atoms with Crippen molar-refractivity contribution in [2.75, 3.05) is 20.1 Å². The van der Waals surface area contributed by atoms with Gasteiger partial charge in [-0.05, 0) is 39.8 Å². The third-order valence-corrected chi connectivity index (χ3v) is 4.21. The van der Waals surface area contributed by atoms with Gasteiger partial charge < -0.3 is 15.6 Å². The van der Waals surface area contributed by atoms with Crippen LogP contribution in [0.4, 0.5) is 0 Å². The number of hydrogen-bond donors (Lipinski definition) is 2. The first-order valence-corrected chi connectivity index (χ1v) is 7.13. The van der Waals surface area contributed by atoms with E-state index in [9.17, 15) is 4.79 Å². The van der Waals surface area contributed by atoms with Gasteiger partial charge in [-0.3, -0.25) is 9.69 Å². The van der Waals surface area contributed by atoms with E-state index in [-0.39, 0.29) is 5.91 Å². The third kappa shape index (κ3) is 3.34. The van der Waals surface area contributed by atoms with E-state index in [0.29, 0.717) is 0 Å². The van der Waals surface area contributed by atoms with Crippen LogP contribution in [0, 0.1) is 0 Å². The smallest absolute Gasteiger partial charge is 0.237 e. The topological polar surface area (TPSA) is 89.1 Å². The Hall–Kier alpha value is -1.47. The minimum atomic E-state index is -0.595. The van der Waals surface area contributed by atoms with E-state index in [0.717, 1.165) is 51.3 Å². The Morgan fingerprint density at radius 1 is 1.50 bits per heavy atom. The maximum absolute atomic E-state index is 11.4. The molecule has 1 amide bonds. The summed E-state index contributed by atoms with van der Waals surface area (Å²) >= 11 is 0. The highest BCUT2D eigenvalue weighted by Crippen LogP contribution is 2.15. The van der Waals surface area contributed by atoms with Crippen LogP contribution in [0.3, 0.4) is 0 Å². The zero-order valence-corrected chi connectivity index (χ0v) is 12.3. The zero-order chi connectivity index (χ0) is 14.6. The van der Waals surface area contributed by atoms with Crippen molar-refractivity contribution in [1.29, 1.82) is 0 Å². The van der Waals surface area contributed by atoms with Crippen molar-refractivity contribution in [2.24, 2.45) is 5.73 Å². The molecular formula is C13H24N6O. The monoisotopic (exact) mass is 280 g/mol. The Bertz CT molecular complexity index is 459. The van der Waals surface area contributed by atoms with Crippen molar-refractivity contribution in [3.63, 3.8) is 0 Å². The molecule has 1 aliphatic heterocycles. The number of hydrogen-bond acceptors (Lipinski definition) is 5. The van der Waals surface area contributed by atoms with Gasteiger partial charge in [-0.25, -0.2) is 0 Å². The molecule has 0 saturated heterocycles. The summed E-state index contributed by atoms with van der Waals surface area (Å²) in [5.74, 6) is 0.750. The fraction of sp³-hybridized carbons (Fsp3) is 0.769. The van der Waals surface area contributed by atoms with Crippen LogP contribution in [0.25, 0.3) is 0 Å². The molecular weight excluding hydrogens is 256 g/mol. The van der Waals surface area contributed by atoms with E-state index in [2.05, 4.69) is 25.0 Å². The summed E-state index contributed by atoms with van der Waals surface area (Å²) < 4.78 is 2.10. The van der Waals surface area contributed by atoms with Gasteiger partial charge in [0.2, 0.25) is 5.91 Å². The summed E-state index contributed by atoms with van der Waals surface area (Å²) in [5.41, 5.74) is 4.82. The first-order valence-electron chi connectivity index (χ1n) is 7.13. The Morgan fingerprint density at radius 2 is 2.30 bits per heavy atom. The Labute approximate surface area is 119 Å². The molecule has 2 rings (SSSR count). The maximum atomic E-state index is 11.4. The van der Waals surface area contributed by atoms with Gasteiger partial charge in [0.05, 0.1) is 12.1 Å². The molecule has 0 spiro atoms. The summed E-state index contributed by atoms with van der Waals surface area (Å²) in [7, 11) is 1.78. The molecule has 0 aliphatic carbocycles. The van der Waals surface area contributed by atoms with Crippen molar-refractivity contribution >= 4 is 5.91 Å². The molecule has 20 heavy (non-hydrogen) atoms. The second-order valence-corrected chi connectivity index (χ2v) is 5.62. The van der Waals surface area contributed by atoms with E-state index in [4.69, 9.17) is 5.73 Å². The lowest BCUT2D eigenvalue weighted by Gasteiger charge is -2.28. The van der Waals surface area contributed by atoms with Crippen LogP contribution in [0.5, 0.6) is 0 Å². The molecule has 1 aromatic heterocycles. The molecule has 0 fully saturated rings. The number of amides is 1. The van der Waals surface area contributed by atoms with Crippen LogP contribution < -0.4 is 11.1 Å². The molecule has 7 heteroatoms. The zero-order valence-electron chi connectivity index (χ0n) is 12.3. The minimum absolute atomic E-state index is 0.286. The van der Waals surface area contributed by atoms with Gasteiger partial charge in [0.15, 0.2) is 0 Å². The molecule has 0 aromatic carbocycles. The SMILES string of the molecule is CNC(C)(CCCCN1CCn2cnnc2C1)C(N)=O. The standard InChI is InChI=1S/C13H24N6O/c1-13(15-2,12(14)20)5-3-4-6-18-7-8-19-10-16-17-11(19)9-18/h10,15H,3-9H2,1-2H3,(H2,14,20). The highest BCUT2D eigenvalue weighted by molar-refractivity contribution is 5.84. The number of aromatic nitrogens is 3. The number of primary amides is 1. The number of nitrogens with zero attached hydrogens (tertiary/aromatic N) is 4. The number of carbonyl (C=O) groups excluding carboxylic acids is 1. The lowest BCUT2D eigenvalue weighted by Crippen LogP contribution is -2.51. The molecule has 1 atom stereocenters. The maximum Gasteiger partial charge on any atom is 0.237 e. The van der Waals surface area contributed by atoms with Crippen molar-refractivity contribution < 1.29 is 4.79 Å². The number of rotatable bonds is 7. The Balaban J connectivity index is 1.71. The van der Waals surface area contributed by atoms with Gasteiger partial charge >= 0.3 is 0 Å². The van der Waals surface area contributed by atoms with Gasteiger partial charge in [0.25, 0.3) is 0 Å². The van der Waals surface area contributed by atoms with Crippen molar-refractivity contribution in [2.45, 2.75) is 44.8 Å².